The third kappa shape index (κ3) is 4.54. The quantitative estimate of drug-likeness (QED) is 0.756. The first-order valence-electron chi connectivity index (χ1n) is 6.18. The minimum atomic E-state index is -0.990. The Morgan fingerprint density at radius 1 is 1.37 bits per heavy atom. The van der Waals surface area contributed by atoms with Crippen molar-refractivity contribution in [2.75, 3.05) is 16.8 Å². The van der Waals surface area contributed by atoms with Crippen molar-refractivity contribution in [2.24, 2.45) is 0 Å². The molecule has 0 saturated heterocycles. The van der Waals surface area contributed by atoms with Crippen LogP contribution in [0.4, 0.5) is 5.00 Å². The van der Waals surface area contributed by atoms with Gasteiger partial charge in [0.15, 0.2) is 0 Å². The summed E-state index contributed by atoms with van der Waals surface area (Å²) in [7, 11) is 0. The van der Waals surface area contributed by atoms with Gasteiger partial charge in [-0.1, -0.05) is 13.3 Å². The zero-order chi connectivity index (χ0) is 14.4. The molecule has 0 saturated carbocycles. The van der Waals surface area contributed by atoms with Crippen molar-refractivity contribution in [3.8, 4) is 0 Å². The number of aryl methyl sites for hydroxylation is 1. The van der Waals surface area contributed by atoms with E-state index in [9.17, 15) is 9.59 Å². The summed E-state index contributed by atoms with van der Waals surface area (Å²) in [6.07, 6.45) is 2.20. The molecule has 0 aromatic carbocycles. The molecule has 0 spiro atoms. The van der Waals surface area contributed by atoms with Crippen molar-refractivity contribution in [1.82, 2.24) is 0 Å². The average molecular weight is 301 g/mol. The van der Waals surface area contributed by atoms with E-state index in [0.717, 1.165) is 29.0 Å². The first-order chi connectivity index (χ1) is 8.97. The highest BCUT2D eigenvalue weighted by Gasteiger charge is 2.20. The maximum atomic E-state index is 11.8. The molecule has 106 valence electrons. The molecular weight excluding hydrogens is 282 g/mol. The van der Waals surface area contributed by atoms with E-state index in [1.165, 1.54) is 11.3 Å². The van der Waals surface area contributed by atoms with Crippen LogP contribution in [0, 0.1) is 13.8 Å². The number of hydrogen-bond acceptors (Lipinski definition) is 4. The predicted octanol–water partition coefficient (Wildman–Crippen LogP) is 3.53. The standard InChI is InChI=1S/C13H19NO3S2/c1-4-5-6-18-7-10(15)14-12-11(13(16)17)8(2)9(3)19-12/h4-7H2,1-3H3,(H,14,15)(H,16,17). The number of aromatic carboxylic acids is 1. The molecule has 0 atom stereocenters. The second-order valence-corrected chi connectivity index (χ2v) is 6.58. The minimum Gasteiger partial charge on any atom is -0.478 e. The number of carbonyl (C=O) groups excluding carboxylic acids is 1. The van der Waals surface area contributed by atoms with Crippen LogP contribution in [0.3, 0.4) is 0 Å². The molecule has 0 radical (unpaired) electrons. The molecule has 1 amide bonds. The van der Waals surface area contributed by atoms with Crippen LogP contribution in [0.15, 0.2) is 0 Å². The fourth-order valence-corrected chi connectivity index (χ4v) is 3.51. The topological polar surface area (TPSA) is 66.4 Å². The summed E-state index contributed by atoms with van der Waals surface area (Å²) in [6.45, 7) is 5.73. The molecule has 0 fully saturated rings. The number of carbonyl (C=O) groups is 2. The van der Waals surface area contributed by atoms with Crippen LogP contribution in [-0.2, 0) is 4.79 Å². The third-order valence-corrected chi connectivity index (χ3v) is 4.89. The van der Waals surface area contributed by atoms with Crippen LogP contribution in [0.2, 0.25) is 0 Å². The average Bonchev–Trinajstić information content (AvgIpc) is 2.60. The van der Waals surface area contributed by atoms with E-state index in [-0.39, 0.29) is 11.5 Å². The van der Waals surface area contributed by atoms with Gasteiger partial charge >= 0.3 is 5.97 Å². The van der Waals surface area contributed by atoms with E-state index in [2.05, 4.69) is 12.2 Å². The van der Waals surface area contributed by atoms with Gasteiger partial charge < -0.3 is 10.4 Å². The van der Waals surface area contributed by atoms with Crippen LogP contribution in [0.25, 0.3) is 0 Å². The number of nitrogens with one attached hydrogen (secondary N) is 1. The molecule has 2 N–H and O–H groups in total. The van der Waals surface area contributed by atoms with E-state index in [1.54, 1.807) is 18.7 Å². The summed E-state index contributed by atoms with van der Waals surface area (Å²) in [5.74, 6) is 0.202. The van der Waals surface area contributed by atoms with Crippen molar-refractivity contribution in [3.05, 3.63) is 16.0 Å². The summed E-state index contributed by atoms with van der Waals surface area (Å²) in [5, 5.41) is 12.3. The lowest BCUT2D eigenvalue weighted by molar-refractivity contribution is -0.113. The summed E-state index contributed by atoms with van der Waals surface area (Å²) in [5.41, 5.74) is 0.945. The van der Waals surface area contributed by atoms with E-state index < -0.39 is 5.97 Å². The van der Waals surface area contributed by atoms with E-state index >= 15 is 0 Å². The summed E-state index contributed by atoms with van der Waals surface area (Å²) >= 11 is 2.89. The normalized spacial score (nSPS) is 10.5. The van der Waals surface area contributed by atoms with Crippen molar-refractivity contribution in [1.29, 1.82) is 0 Å². The number of thiophene rings is 1. The van der Waals surface area contributed by atoms with Gasteiger partial charge in [-0.15, -0.1) is 11.3 Å². The highest BCUT2D eigenvalue weighted by atomic mass is 32.2. The lowest BCUT2D eigenvalue weighted by Gasteiger charge is -2.04. The molecular formula is C13H19NO3S2. The molecule has 1 aromatic rings. The number of hydrogen-bond donors (Lipinski definition) is 2. The Kier molecular flexibility index (Phi) is 6.37. The zero-order valence-corrected chi connectivity index (χ0v) is 13.0. The van der Waals surface area contributed by atoms with E-state index in [0.29, 0.717) is 10.8 Å². The van der Waals surface area contributed by atoms with Gasteiger partial charge in [0, 0.05) is 4.88 Å². The largest absolute Gasteiger partial charge is 0.478 e. The van der Waals surface area contributed by atoms with Crippen LogP contribution in [-0.4, -0.2) is 28.5 Å². The number of carboxylic acid groups (broad SMARTS) is 1. The molecule has 0 bridgehead atoms. The Bertz CT molecular complexity index is 469. The second kappa shape index (κ2) is 7.55. The molecule has 19 heavy (non-hydrogen) atoms. The number of anilines is 1. The maximum absolute atomic E-state index is 11.8. The molecule has 1 aromatic heterocycles. The monoisotopic (exact) mass is 301 g/mol. The number of unbranched alkanes of at least 4 members (excludes halogenated alkanes) is 1. The SMILES string of the molecule is CCCCSCC(=O)Nc1sc(C)c(C)c1C(=O)O. The highest BCUT2D eigenvalue weighted by molar-refractivity contribution is 7.99. The van der Waals surface area contributed by atoms with E-state index in [1.807, 2.05) is 6.92 Å². The third-order valence-electron chi connectivity index (χ3n) is 2.73. The van der Waals surface area contributed by atoms with Gasteiger partial charge in [-0.25, -0.2) is 4.79 Å². The first kappa shape index (κ1) is 16.0. The van der Waals surface area contributed by atoms with Gasteiger partial charge in [-0.3, -0.25) is 4.79 Å². The van der Waals surface area contributed by atoms with Crippen molar-refractivity contribution < 1.29 is 14.7 Å². The smallest absolute Gasteiger partial charge is 0.338 e. The Labute approximate surface area is 121 Å². The van der Waals surface area contributed by atoms with Crippen LogP contribution in [0.5, 0.6) is 0 Å². The van der Waals surface area contributed by atoms with Gasteiger partial charge in [0.25, 0.3) is 0 Å². The molecule has 0 aliphatic rings. The summed E-state index contributed by atoms with van der Waals surface area (Å²) < 4.78 is 0. The molecule has 0 aliphatic heterocycles. The van der Waals surface area contributed by atoms with Gasteiger partial charge in [-0.2, -0.15) is 11.8 Å². The second-order valence-electron chi connectivity index (χ2n) is 4.25. The van der Waals surface area contributed by atoms with Gasteiger partial charge in [0.05, 0.1) is 11.3 Å². The van der Waals surface area contributed by atoms with Crippen molar-refractivity contribution in [2.45, 2.75) is 33.6 Å². The Hall–Kier alpha value is -1.01. The Morgan fingerprint density at radius 3 is 2.63 bits per heavy atom. The number of rotatable bonds is 7. The van der Waals surface area contributed by atoms with Crippen molar-refractivity contribution >= 4 is 40.0 Å². The highest BCUT2D eigenvalue weighted by Crippen LogP contribution is 2.32. The van der Waals surface area contributed by atoms with Crippen LogP contribution < -0.4 is 5.32 Å². The Morgan fingerprint density at radius 2 is 2.05 bits per heavy atom. The minimum absolute atomic E-state index is 0.134. The summed E-state index contributed by atoms with van der Waals surface area (Å²) in [6, 6.07) is 0. The first-order valence-corrected chi connectivity index (χ1v) is 8.15. The zero-order valence-electron chi connectivity index (χ0n) is 11.4. The number of amides is 1. The van der Waals surface area contributed by atoms with Crippen molar-refractivity contribution in [3.63, 3.8) is 0 Å². The molecule has 1 heterocycles. The molecule has 1 rings (SSSR count). The molecule has 6 heteroatoms. The molecule has 0 aliphatic carbocycles. The fraction of sp³-hybridized carbons (Fsp3) is 0.538. The Balaban J connectivity index is 2.64. The number of carboxylic acids is 1. The van der Waals surface area contributed by atoms with E-state index in [4.69, 9.17) is 5.11 Å². The maximum Gasteiger partial charge on any atom is 0.338 e. The predicted molar refractivity (Wildman–Crippen MR) is 81.6 cm³/mol. The van der Waals surface area contributed by atoms with Crippen LogP contribution >= 0.6 is 23.1 Å². The molecule has 0 unspecified atom stereocenters. The molecule has 4 nitrogen and oxygen atoms in total. The number of thioether (sulfide) groups is 1. The lowest BCUT2D eigenvalue weighted by atomic mass is 10.1. The van der Waals surface area contributed by atoms with Gasteiger partial charge in [-0.05, 0) is 31.6 Å². The van der Waals surface area contributed by atoms with Crippen LogP contribution in [0.1, 0.15) is 40.6 Å². The van der Waals surface area contributed by atoms with Gasteiger partial charge in [0.1, 0.15) is 5.00 Å². The van der Waals surface area contributed by atoms with Gasteiger partial charge in [0.2, 0.25) is 5.91 Å². The summed E-state index contributed by atoms with van der Waals surface area (Å²) in [4.78, 5) is 23.9. The fourth-order valence-electron chi connectivity index (χ4n) is 1.55. The lowest BCUT2D eigenvalue weighted by Crippen LogP contribution is -2.15.